The molecule has 3 heterocycles. The van der Waals surface area contributed by atoms with Crippen LogP contribution in [0.5, 0.6) is 11.5 Å². The number of carbonyl (C=O) groups is 4. The van der Waals surface area contributed by atoms with Gasteiger partial charge in [0, 0.05) is 76.3 Å². The molecule has 19 nitrogen and oxygen atoms in total. The van der Waals surface area contributed by atoms with Gasteiger partial charge < -0.3 is 72.5 Å². The smallest absolute Gasteiger partial charge is 0.303 e. The molecule has 21 heteroatoms. The van der Waals surface area contributed by atoms with Gasteiger partial charge >= 0.3 is 23.9 Å². The molecule has 3 aliphatic rings. The Labute approximate surface area is 458 Å². The minimum atomic E-state index is -1.91. The number of carbonyl (C=O) groups excluding carboxylic acids is 4. The van der Waals surface area contributed by atoms with E-state index < -0.39 is 97.5 Å². The summed E-state index contributed by atoms with van der Waals surface area (Å²) in [6.45, 7) is 10.7. The van der Waals surface area contributed by atoms with E-state index in [1.807, 2.05) is 62.4 Å². The molecule has 0 saturated carbocycles. The molecule has 3 aliphatic heterocycles. The average molecular weight is 1120 g/mol. The summed E-state index contributed by atoms with van der Waals surface area (Å²) in [6.07, 6.45) is -7.65. The zero-order chi connectivity index (χ0) is 56.5. The average Bonchev–Trinajstić information content (AvgIpc) is 4.06. The van der Waals surface area contributed by atoms with Crippen molar-refractivity contribution in [1.82, 2.24) is 0 Å². The second-order valence-electron chi connectivity index (χ2n) is 18.1. The third-order valence-electron chi connectivity index (χ3n) is 12.6. The van der Waals surface area contributed by atoms with Gasteiger partial charge in [0.2, 0.25) is 17.7 Å². The molecule has 0 radical (unpaired) electrons. The van der Waals surface area contributed by atoms with Gasteiger partial charge in [0.25, 0.3) is 0 Å². The van der Waals surface area contributed by atoms with E-state index in [1.54, 1.807) is 36.4 Å². The molecule has 0 bridgehead atoms. The lowest BCUT2D eigenvalue weighted by Gasteiger charge is -2.50. The lowest BCUT2D eigenvalue weighted by Crippen LogP contribution is -2.67. The highest BCUT2D eigenvalue weighted by molar-refractivity contribution is 6.31. The first-order valence-electron chi connectivity index (χ1n) is 25.1. The number of methoxy groups -OCH3 is 2. The highest BCUT2D eigenvalue weighted by Gasteiger charge is 2.62. The number of hydrogen-bond donors (Lipinski definition) is 4. The van der Waals surface area contributed by atoms with E-state index in [2.05, 4.69) is 0 Å². The third-order valence-corrected chi connectivity index (χ3v) is 13.3. The molecule has 1 unspecified atom stereocenters. The summed E-state index contributed by atoms with van der Waals surface area (Å²) in [6, 6.07) is 25.1. The molecule has 7 rings (SSSR count). The van der Waals surface area contributed by atoms with E-state index in [-0.39, 0.29) is 0 Å². The van der Waals surface area contributed by atoms with Gasteiger partial charge in [-0.3, -0.25) is 19.2 Å². The van der Waals surface area contributed by atoms with E-state index >= 15 is 0 Å². The normalized spacial score (nSPS) is 25.6. The van der Waals surface area contributed by atoms with Crippen LogP contribution in [0.25, 0.3) is 0 Å². The maximum atomic E-state index is 12.4. The van der Waals surface area contributed by atoms with Crippen molar-refractivity contribution in [1.29, 1.82) is 0 Å². The minimum absolute atomic E-state index is 0.354. The van der Waals surface area contributed by atoms with Gasteiger partial charge in [0.05, 0.1) is 19.8 Å². The van der Waals surface area contributed by atoms with Crippen LogP contribution in [0.2, 0.25) is 10.0 Å². The lowest BCUT2D eigenvalue weighted by molar-refractivity contribution is -0.367. The summed E-state index contributed by atoms with van der Waals surface area (Å²) in [7, 11) is 2.64. The van der Waals surface area contributed by atoms with E-state index in [0.29, 0.717) is 52.8 Å². The van der Waals surface area contributed by atoms with E-state index in [9.17, 15) is 39.6 Å². The lowest BCUT2D eigenvalue weighted by atomic mass is 9.86. The van der Waals surface area contributed by atoms with Crippen molar-refractivity contribution in [2.75, 3.05) is 53.9 Å². The Hall–Kier alpha value is -5.42. The minimum Gasteiger partial charge on any atom is -0.494 e. The van der Waals surface area contributed by atoms with Crippen molar-refractivity contribution >= 4 is 47.1 Å². The van der Waals surface area contributed by atoms with Gasteiger partial charge in [-0.15, -0.1) is 0 Å². The fraction of sp³-hybridized carbons (Fsp3) is 0.500. The molecule has 0 spiro atoms. The molecule has 4 aromatic rings. The van der Waals surface area contributed by atoms with Crippen LogP contribution in [0.15, 0.2) is 84.9 Å². The SMILES string of the molecule is C1CCOC1.CCOc1ccc(Cc2cc(C3(OC)O[C@H](CO)[C@@H](O)[C@H](O)[C@H]3O)ccc2Cl)cc1.CCOc1ccc(Cc2cc([C@]3(OC)O[C@H](COC(C)=O)[C@@H](OC(C)=O)[C@H](OC(C)=O)[C@H]3OC(C)=O)ccc2Cl)cc1. The van der Waals surface area contributed by atoms with Crippen LogP contribution in [-0.2, 0) is 86.2 Å². The Kier molecular flexibility index (Phi) is 23.9. The van der Waals surface area contributed by atoms with Gasteiger partial charge in [-0.2, -0.15) is 0 Å². The number of aliphatic hydroxyl groups is 4. The summed E-state index contributed by atoms with van der Waals surface area (Å²) in [5.41, 5.74) is 4.14. The standard InChI is InChI=1S/C30H35ClO11.C22H27ClO7.C4H8O/c1-7-37-24-11-8-21(9-12-24)14-22-15-23(10-13-25(22)31)30(36-6)29(41-20(5)35)28(40-19(4)34)27(39-18(3)33)26(42-30)16-38-17(2)32;1-3-29-16-7-4-13(5-8-16)10-14-11-15(6-9-17(14)23)22(28-2)21(27)20(26)19(25)18(12-24)30-22;1-2-4-5-3-1/h8-13,15,26-29H,7,14,16H2,1-6H3;4-9,11,18-21,24-27H,3,10,12H2,1-2H3;1-4H2/t26-,27-,28+,29-,30+;18-,19-,20+,21-,22?;/m11./s1. The maximum absolute atomic E-state index is 12.4. The van der Waals surface area contributed by atoms with Gasteiger partial charge in [0.1, 0.15) is 48.6 Å². The Morgan fingerprint density at radius 1 is 0.597 bits per heavy atom. The van der Waals surface area contributed by atoms with Crippen molar-refractivity contribution in [3.63, 3.8) is 0 Å². The van der Waals surface area contributed by atoms with Crippen LogP contribution < -0.4 is 9.47 Å². The Morgan fingerprint density at radius 2 is 1.05 bits per heavy atom. The number of rotatable bonds is 18. The van der Waals surface area contributed by atoms with Crippen molar-refractivity contribution in [2.24, 2.45) is 0 Å². The molecule has 3 saturated heterocycles. The van der Waals surface area contributed by atoms with Crippen molar-refractivity contribution in [3.05, 3.63) is 128 Å². The predicted molar refractivity (Wildman–Crippen MR) is 279 cm³/mol. The first kappa shape index (κ1) is 62.4. The molecular weight excluding hydrogens is 1050 g/mol. The molecule has 0 aliphatic carbocycles. The maximum Gasteiger partial charge on any atom is 0.303 e. The first-order valence-corrected chi connectivity index (χ1v) is 25.9. The number of halogens is 2. The molecule has 0 aromatic heterocycles. The van der Waals surface area contributed by atoms with Gasteiger partial charge in [0.15, 0.2) is 12.2 Å². The zero-order valence-corrected chi connectivity index (χ0v) is 46.0. The summed E-state index contributed by atoms with van der Waals surface area (Å²) >= 11 is 13.0. The zero-order valence-electron chi connectivity index (χ0n) is 44.4. The van der Waals surface area contributed by atoms with Crippen LogP contribution in [0.1, 0.15) is 87.8 Å². The van der Waals surface area contributed by atoms with Crippen molar-refractivity contribution in [2.45, 2.75) is 128 Å². The molecule has 0 amide bonds. The molecule has 77 heavy (non-hydrogen) atoms. The Morgan fingerprint density at radius 3 is 1.45 bits per heavy atom. The third kappa shape index (κ3) is 16.3. The fourth-order valence-corrected chi connectivity index (χ4v) is 9.36. The predicted octanol–water partition coefficient (Wildman–Crippen LogP) is 6.29. The highest BCUT2D eigenvalue weighted by atomic mass is 35.5. The Bertz CT molecular complexity index is 2530. The van der Waals surface area contributed by atoms with E-state index in [1.165, 1.54) is 34.0 Å². The molecule has 422 valence electrons. The summed E-state index contributed by atoms with van der Waals surface area (Å²) in [5, 5.41) is 41.5. The summed E-state index contributed by atoms with van der Waals surface area (Å²) in [5.74, 6) is -5.03. The van der Waals surface area contributed by atoms with E-state index in [0.717, 1.165) is 62.2 Å². The number of benzene rings is 4. The second-order valence-corrected chi connectivity index (χ2v) is 18.9. The topological polar surface area (TPSA) is 251 Å². The largest absolute Gasteiger partial charge is 0.494 e. The number of aliphatic hydroxyl groups excluding tert-OH is 4. The van der Waals surface area contributed by atoms with E-state index in [4.69, 9.17) is 75.3 Å². The van der Waals surface area contributed by atoms with Crippen molar-refractivity contribution in [3.8, 4) is 11.5 Å². The van der Waals surface area contributed by atoms with Crippen LogP contribution in [-0.4, -0.2) is 147 Å². The molecule has 3 fully saturated rings. The van der Waals surface area contributed by atoms with Crippen molar-refractivity contribution < 1.29 is 91.7 Å². The molecule has 4 N–H and O–H groups in total. The van der Waals surface area contributed by atoms with Crippen LogP contribution in [0, 0.1) is 0 Å². The fourth-order valence-electron chi connectivity index (χ4n) is 8.99. The highest BCUT2D eigenvalue weighted by Crippen LogP contribution is 2.45. The van der Waals surface area contributed by atoms with Gasteiger partial charge in [-0.05, 0) is 110 Å². The van der Waals surface area contributed by atoms with Crippen LogP contribution in [0.4, 0.5) is 0 Å². The first-order chi connectivity index (χ1) is 36.7. The van der Waals surface area contributed by atoms with Gasteiger partial charge in [-0.25, -0.2) is 0 Å². The molecular formula is C56H70Cl2O19. The Balaban J connectivity index is 0.000000271. The van der Waals surface area contributed by atoms with Gasteiger partial charge in [-0.1, -0.05) is 59.6 Å². The monoisotopic (exact) mass is 1120 g/mol. The van der Waals surface area contributed by atoms with Crippen LogP contribution in [0.3, 0.4) is 0 Å². The number of esters is 4. The number of ether oxygens (including phenoxy) is 11. The quantitative estimate of drug-likeness (QED) is 0.0631. The molecule has 10 atom stereocenters. The summed E-state index contributed by atoms with van der Waals surface area (Å²) in [4.78, 5) is 48.4. The number of hydrogen-bond acceptors (Lipinski definition) is 19. The second kappa shape index (κ2) is 29.5. The summed E-state index contributed by atoms with van der Waals surface area (Å²) < 4.78 is 61.4. The molecule has 4 aromatic carbocycles. The van der Waals surface area contributed by atoms with Crippen LogP contribution >= 0.6 is 23.2 Å².